The second-order valence-electron chi connectivity index (χ2n) is 4.71. The summed E-state index contributed by atoms with van der Waals surface area (Å²) in [5, 5.41) is 12.3. The number of hydrogen-bond acceptors (Lipinski definition) is 4. The molecule has 0 saturated heterocycles. The van der Waals surface area contributed by atoms with Crippen molar-refractivity contribution >= 4 is 11.3 Å². The average Bonchev–Trinajstić information content (AvgIpc) is 3.03. The number of nitrogens with one attached hydrogen (secondary N) is 1. The van der Waals surface area contributed by atoms with Crippen molar-refractivity contribution in [2.45, 2.75) is 46.2 Å². The van der Waals surface area contributed by atoms with Gasteiger partial charge in [0, 0.05) is 19.0 Å². The lowest BCUT2D eigenvalue weighted by Crippen LogP contribution is -2.25. The number of hydrogen-bond donors (Lipinski definition) is 1. The van der Waals surface area contributed by atoms with Crippen LogP contribution in [-0.4, -0.2) is 21.3 Å². The standard InChI is InChI=1S/C14H22N4S/c1-4-6-15-13(12-9-19-8-11(12)3)7-14-16-10-17-18(14)5-2/h8-10,13,15H,4-7H2,1-3H3. The van der Waals surface area contributed by atoms with Gasteiger partial charge in [0.25, 0.3) is 0 Å². The van der Waals surface area contributed by atoms with Gasteiger partial charge >= 0.3 is 0 Å². The average molecular weight is 278 g/mol. The van der Waals surface area contributed by atoms with Gasteiger partial charge in [0.1, 0.15) is 12.2 Å². The summed E-state index contributed by atoms with van der Waals surface area (Å²) in [6.07, 6.45) is 3.68. The maximum atomic E-state index is 4.39. The van der Waals surface area contributed by atoms with Crippen LogP contribution in [0.1, 0.15) is 43.3 Å². The van der Waals surface area contributed by atoms with Crippen molar-refractivity contribution in [1.82, 2.24) is 20.1 Å². The fourth-order valence-corrected chi connectivity index (χ4v) is 3.14. The minimum absolute atomic E-state index is 0.334. The minimum Gasteiger partial charge on any atom is -0.310 e. The van der Waals surface area contributed by atoms with Crippen molar-refractivity contribution in [3.8, 4) is 0 Å². The molecule has 0 aliphatic heterocycles. The van der Waals surface area contributed by atoms with Gasteiger partial charge in [0.15, 0.2) is 0 Å². The van der Waals surface area contributed by atoms with Crippen LogP contribution in [0.2, 0.25) is 0 Å². The summed E-state index contributed by atoms with van der Waals surface area (Å²) in [7, 11) is 0. The highest BCUT2D eigenvalue weighted by molar-refractivity contribution is 7.08. The van der Waals surface area contributed by atoms with Crippen LogP contribution in [0, 0.1) is 6.92 Å². The van der Waals surface area contributed by atoms with E-state index in [0.29, 0.717) is 6.04 Å². The fraction of sp³-hybridized carbons (Fsp3) is 0.571. The van der Waals surface area contributed by atoms with Crippen molar-refractivity contribution in [2.24, 2.45) is 0 Å². The Morgan fingerprint density at radius 1 is 1.37 bits per heavy atom. The largest absolute Gasteiger partial charge is 0.310 e. The van der Waals surface area contributed by atoms with E-state index in [0.717, 1.165) is 31.8 Å². The van der Waals surface area contributed by atoms with Crippen molar-refractivity contribution in [1.29, 1.82) is 0 Å². The van der Waals surface area contributed by atoms with Gasteiger partial charge in [-0.15, -0.1) is 0 Å². The topological polar surface area (TPSA) is 42.7 Å². The third-order valence-electron chi connectivity index (χ3n) is 3.29. The number of aryl methyl sites for hydroxylation is 2. The van der Waals surface area contributed by atoms with E-state index in [9.17, 15) is 0 Å². The Morgan fingerprint density at radius 2 is 2.21 bits per heavy atom. The smallest absolute Gasteiger partial charge is 0.138 e. The normalized spacial score (nSPS) is 12.8. The van der Waals surface area contributed by atoms with Crippen molar-refractivity contribution < 1.29 is 0 Å². The lowest BCUT2D eigenvalue weighted by atomic mass is 10.0. The molecule has 1 N–H and O–H groups in total. The molecule has 0 bridgehead atoms. The number of rotatable bonds is 7. The van der Waals surface area contributed by atoms with Crippen LogP contribution in [0.3, 0.4) is 0 Å². The molecule has 0 aromatic carbocycles. The molecule has 0 fully saturated rings. The Balaban J connectivity index is 2.17. The van der Waals surface area contributed by atoms with Gasteiger partial charge in [0.2, 0.25) is 0 Å². The molecule has 0 amide bonds. The van der Waals surface area contributed by atoms with Crippen LogP contribution in [0.25, 0.3) is 0 Å². The van der Waals surface area contributed by atoms with Crippen LogP contribution in [0.15, 0.2) is 17.1 Å². The fourth-order valence-electron chi connectivity index (χ4n) is 2.23. The molecule has 2 rings (SSSR count). The molecular weight excluding hydrogens is 256 g/mol. The Bertz CT molecular complexity index is 503. The van der Waals surface area contributed by atoms with Crippen LogP contribution < -0.4 is 5.32 Å². The SMILES string of the molecule is CCCNC(Cc1ncnn1CC)c1cscc1C. The number of thiophene rings is 1. The van der Waals surface area contributed by atoms with E-state index in [1.807, 2.05) is 4.68 Å². The maximum Gasteiger partial charge on any atom is 0.138 e. The first-order chi connectivity index (χ1) is 9.26. The predicted octanol–water partition coefficient (Wildman–Crippen LogP) is 2.95. The van der Waals surface area contributed by atoms with Gasteiger partial charge in [0.05, 0.1) is 0 Å². The maximum absolute atomic E-state index is 4.39. The molecule has 5 heteroatoms. The lowest BCUT2D eigenvalue weighted by Gasteiger charge is -2.18. The summed E-state index contributed by atoms with van der Waals surface area (Å²) < 4.78 is 1.97. The first-order valence-corrected chi connectivity index (χ1v) is 7.83. The van der Waals surface area contributed by atoms with Crippen molar-refractivity contribution in [2.75, 3.05) is 6.54 Å². The van der Waals surface area contributed by atoms with Crippen LogP contribution >= 0.6 is 11.3 Å². The van der Waals surface area contributed by atoms with E-state index in [-0.39, 0.29) is 0 Å². The third kappa shape index (κ3) is 3.42. The molecule has 0 aliphatic carbocycles. The number of nitrogens with zero attached hydrogens (tertiary/aromatic N) is 3. The molecule has 2 heterocycles. The molecule has 19 heavy (non-hydrogen) atoms. The summed E-state index contributed by atoms with van der Waals surface area (Å²) in [5.41, 5.74) is 2.75. The zero-order chi connectivity index (χ0) is 13.7. The molecule has 104 valence electrons. The monoisotopic (exact) mass is 278 g/mol. The highest BCUT2D eigenvalue weighted by Gasteiger charge is 2.17. The summed E-state index contributed by atoms with van der Waals surface area (Å²) in [6.45, 7) is 8.37. The third-order valence-corrected chi connectivity index (χ3v) is 4.17. The second kappa shape index (κ2) is 6.82. The Kier molecular flexibility index (Phi) is 5.10. The molecule has 1 unspecified atom stereocenters. The van der Waals surface area contributed by atoms with E-state index in [1.165, 1.54) is 11.1 Å². The molecule has 1 atom stereocenters. The van der Waals surface area contributed by atoms with Crippen molar-refractivity contribution in [3.63, 3.8) is 0 Å². The van der Waals surface area contributed by atoms with E-state index >= 15 is 0 Å². The summed E-state index contributed by atoms with van der Waals surface area (Å²) >= 11 is 1.77. The first kappa shape index (κ1) is 14.2. The van der Waals surface area contributed by atoms with Crippen LogP contribution in [0.5, 0.6) is 0 Å². The van der Waals surface area contributed by atoms with Crippen LogP contribution in [0.4, 0.5) is 0 Å². The minimum atomic E-state index is 0.334. The van der Waals surface area contributed by atoms with Gasteiger partial charge in [-0.05, 0) is 48.7 Å². The number of aromatic nitrogens is 3. The predicted molar refractivity (Wildman–Crippen MR) is 79.5 cm³/mol. The molecule has 0 aliphatic rings. The van der Waals surface area contributed by atoms with E-state index in [2.05, 4.69) is 46.9 Å². The Labute approximate surface area is 118 Å². The van der Waals surface area contributed by atoms with Gasteiger partial charge in [-0.1, -0.05) is 6.92 Å². The zero-order valence-electron chi connectivity index (χ0n) is 11.9. The van der Waals surface area contributed by atoms with Crippen LogP contribution in [-0.2, 0) is 13.0 Å². The van der Waals surface area contributed by atoms with Gasteiger partial charge < -0.3 is 5.32 Å². The van der Waals surface area contributed by atoms with Gasteiger partial charge in [-0.2, -0.15) is 16.4 Å². The summed E-state index contributed by atoms with van der Waals surface area (Å²) in [4.78, 5) is 4.39. The molecular formula is C14H22N4S. The van der Waals surface area contributed by atoms with Gasteiger partial charge in [-0.25, -0.2) is 4.98 Å². The molecule has 2 aromatic rings. The summed E-state index contributed by atoms with van der Waals surface area (Å²) in [6, 6.07) is 0.334. The quantitative estimate of drug-likeness (QED) is 0.846. The molecule has 0 spiro atoms. The highest BCUT2D eigenvalue weighted by atomic mass is 32.1. The second-order valence-corrected chi connectivity index (χ2v) is 5.46. The molecule has 0 saturated carbocycles. The van der Waals surface area contributed by atoms with E-state index in [4.69, 9.17) is 0 Å². The van der Waals surface area contributed by atoms with Gasteiger partial charge in [-0.3, -0.25) is 4.68 Å². The highest BCUT2D eigenvalue weighted by Crippen LogP contribution is 2.24. The molecule has 2 aromatic heterocycles. The van der Waals surface area contributed by atoms with Crippen molar-refractivity contribution in [3.05, 3.63) is 34.0 Å². The van der Waals surface area contributed by atoms with E-state index < -0.39 is 0 Å². The zero-order valence-corrected chi connectivity index (χ0v) is 12.7. The molecule has 4 nitrogen and oxygen atoms in total. The van der Waals surface area contributed by atoms with E-state index in [1.54, 1.807) is 17.7 Å². The summed E-state index contributed by atoms with van der Waals surface area (Å²) in [5.74, 6) is 1.06. The first-order valence-electron chi connectivity index (χ1n) is 6.89. The Morgan fingerprint density at radius 3 is 2.84 bits per heavy atom. The Hall–Kier alpha value is -1.20. The molecule has 0 radical (unpaired) electrons. The lowest BCUT2D eigenvalue weighted by molar-refractivity contribution is 0.496.